The number of nitriles is 1. The maximum atomic E-state index is 14.8. The average molecular weight is 643 g/mol. The van der Waals surface area contributed by atoms with E-state index in [1.165, 1.54) is 18.2 Å². The maximum absolute atomic E-state index is 14.8. The predicted molar refractivity (Wildman–Crippen MR) is 155 cm³/mol. The summed E-state index contributed by atoms with van der Waals surface area (Å²) in [5.41, 5.74) is 1.41. The summed E-state index contributed by atoms with van der Waals surface area (Å²) in [7, 11) is 0. The summed E-state index contributed by atoms with van der Waals surface area (Å²) >= 11 is 3.31. The zero-order chi connectivity index (χ0) is 29.5. The van der Waals surface area contributed by atoms with Crippen molar-refractivity contribution in [1.82, 2.24) is 9.88 Å². The van der Waals surface area contributed by atoms with Gasteiger partial charge in [0.1, 0.15) is 24.2 Å². The first-order chi connectivity index (χ1) is 20.4. The fourth-order valence-electron chi connectivity index (χ4n) is 4.69. The molecule has 2 aliphatic rings. The smallest absolute Gasteiger partial charge is 0.238 e. The van der Waals surface area contributed by atoms with Crippen LogP contribution >= 0.6 is 15.9 Å². The first-order valence-electron chi connectivity index (χ1n) is 13.7. The fourth-order valence-corrected chi connectivity index (χ4v) is 5.12. The number of carbonyl (C=O) groups is 1. The molecule has 2 N–H and O–H groups in total. The van der Waals surface area contributed by atoms with Crippen LogP contribution in [0.5, 0.6) is 11.6 Å². The van der Waals surface area contributed by atoms with Crippen molar-refractivity contribution in [2.75, 3.05) is 43.4 Å². The lowest BCUT2D eigenvalue weighted by Gasteiger charge is -2.31. The quantitative estimate of drug-likeness (QED) is 0.292. The molecule has 220 valence electrons. The normalized spacial score (nSPS) is 17.1. The van der Waals surface area contributed by atoms with Gasteiger partial charge in [0.15, 0.2) is 11.6 Å². The van der Waals surface area contributed by atoms with Crippen LogP contribution in [0.3, 0.4) is 0 Å². The minimum atomic E-state index is -0.611. The Labute approximate surface area is 250 Å². The Morgan fingerprint density at radius 1 is 1.14 bits per heavy atom. The van der Waals surface area contributed by atoms with E-state index < -0.39 is 11.6 Å². The summed E-state index contributed by atoms with van der Waals surface area (Å²) in [6.45, 7) is 2.69. The molecule has 0 unspecified atom stereocenters. The third-order valence-electron chi connectivity index (χ3n) is 7.04. The second kappa shape index (κ2) is 13.9. The van der Waals surface area contributed by atoms with E-state index in [4.69, 9.17) is 19.5 Å². The molecule has 1 atom stereocenters. The van der Waals surface area contributed by atoms with Crippen molar-refractivity contribution in [1.29, 1.82) is 5.26 Å². The van der Waals surface area contributed by atoms with Crippen LogP contribution in [0.15, 0.2) is 53.0 Å². The maximum Gasteiger partial charge on any atom is 0.238 e. The Kier molecular flexibility index (Phi) is 9.84. The van der Waals surface area contributed by atoms with Crippen molar-refractivity contribution in [3.8, 4) is 17.7 Å². The fraction of sp³-hybridized carbons (Fsp3) is 0.367. The van der Waals surface area contributed by atoms with Crippen LogP contribution in [-0.4, -0.2) is 60.8 Å². The lowest BCUT2D eigenvalue weighted by atomic mass is 10.1. The molecule has 2 aromatic carbocycles. The van der Waals surface area contributed by atoms with E-state index in [9.17, 15) is 13.6 Å². The molecular weight excluding hydrogens is 612 g/mol. The van der Waals surface area contributed by atoms with Gasteiger partial charge in [0.2, 0.25) is 11.8 Å². The number of hydrogen-bond donors (Lipinski definition) is 2. The van der Waals surface area contributed by atoms with Gasteiger partial charge < -0.3 is 24.8 Å². The van der Waals surface area contributed by atoms with Crippen LogP contribution in [0.2, 0.25) is 0 Å². The number of nitrogens with zero attached hydrogens (tertiary/aromatic N) is 3. The Morgan fingerprint density at radius 3 is 2.67 bits per heavy atom. The van der Waals surface area contributed by atoms with Crippen molar-refractivity contribution in [2.45, 2.75) is 38.1 Å². The lowest BCUT2D eigenvalue weighted by molar-refractivity contribution is -0.117. The van der Waals surface area contributed by atoms with Crippen molar-refractivity contribution in [2.24, 2.45) is 0 Å². The van der Waals surface area contributed by atoms with E-state index in [1.54, 1.807) is 24.3 Å². The number of likely N-dealkylation sites (tertiary alicyclic amines) is 1. The molecule has 3 aromatic rings. The van der Waals surface area contributed by atoms with E-state index >= 15 is 0 Å². The largest absolute Gasteiger partial charge is 0.484 e. The minimum Gasteiger partial charge on any atom is -0.484 e. The number of rotatable bonds is 11. The standard InChI is InChI=1S/C30H30BrF2N5O4/c31-20-13-25(33)30(26(14-20)35-16-23-8-11-40-23)37-28(39)17-38-9-6-22(7-10-38)42-29-3-1-2-21(36-29)18-41-27-5-4-19(15-34)12-24(27)32/h1-5,12-14,22-23,35H,6-11,16-18H2,(H,37,39)/t23-/m0/s1. The van der Waals surface area contributed by atoms with Crippen LogP contribution in [0, 0.1) is 23.0 Å². The topological polar surface area (TPSA) is 109 Å². The Bertz CT molecular complexity index is 1460. The number of piperidine rings is 1. The van der Waals surface area contributed by atoms with Gasteiger partial charge in [-0.05, 0) is 55.7 Å². The SMILES string of the molecule is N#Cc1ccc(OCc2cccc(OC3CCN(CC(=O)Nc4c(F)cc(Br)cc4NC[C@@H]4CCO4)CC3)n2)c(F)c1. The zero-order valence-electron chi connectivity index (χ0n) is 22.7. The molecule has 2 saturated heterocycles. The molecular formula is C30H30BrF2N5O4. The number of anilines is 2. The summed E-state index contributed by atoms with van der Waals surface area (Å²) in [5.74, 6) is -0.960. The summed E-state index contributed by atoms with van der Waals surface area (Å²) in [4.78, 5) is 19.3. The first-order valence-corrected chi connectivity index (χ1v) is 14.5. The van der Waals surface area contributed by atoms with Gasteiger partial charge in [0, 0.05) is 36.8 Å². The zero-order valence-corrected chi connectivity index (χ0v) is 24.3. The molecule has 0 spiro atoms. The molecule has 0 aliphatic carbocycles. The molecule has 0 radical (unpaired) electrons. The molecule has 2 fully saturated rings. The van der Waals surface area contributed by atoms with Crippen LogP contribution in [0.4, 0.5) is 20.2 Å². The number of aromatic nitrogens is 1. The molecule has 12 heteroatoms. The van der Waals surface area contributed by atoms with Crippen molar-refractivity contribution in [3.63, 3.8) is 0 Å². The number of benzene rings is 2. The van der Waals surface area contributed by atoms with E-state index in [-0.39, 0.29) is 48.3 Å². The molecule has 1 aromatic heterocycles. The molecule has 42 heavy (non-hydrogen) atoms. The van der Waals surface area contributed by atoms with Crippen molar-refractivity contribution in [3.05, 3.63) is 75.9 Å². The number of nitrogens with one attached hydrogen (secondary N) is 2. The van der Waals surface area contributed by atoms with E-state index in [0.29, 0.717) is 54.2 Å². The van der Waals surface area contributed by atoms with Crippen molar-refractivity contribution < 1.29 is 27.8 Å². The third-order valence-corrected chi connectivity index (χ3v) is 7.50. The highest BCUT2D eigenvalue weighted by molar-refractivity contribution is 9.10. The molecule has 3 heterocycles. The number of carbonyl (C=O) groups excluding carboxylic acids is 1. The lowest BCUT2D eigenvalue weighted by Crippen LogP contribution is -2.42. The number of hydrogen-bond acceptors (Lipinski definition) is 8. The minimum absolute atomic E-state index is 0.0390. The average Bonchev–Trinajstić information content (AvgIpc) is 2.94. The predicted octanol–water partition coefficient (Wildman–Crippen LogP) is 5.26. The van der Waals surface area contributed by atoms with Gasteiger partial charge in [-0.2, -0.15) is 5.26 Å². The molecule has 0 saturated carbocycles. The Hall–Kier alpha value is -3.79. The highest BCUT2D eigenvalue weighted by Gasteiger charge is 2.24. The summed E-state index contributed by atoms with van der Waals surface area (Å²) in [6.07, 6.45) is 2.32. The van der Waals surface area contributed by atoms with Crippen LogP contribution < -0.4 is 20.1 Å². The van der Waals surface area contributed by atoms with Crippen molar-refractivity contribution >= 4 is 33.2 Å². The number of pyridine rings is 1. The summed E-state index contributed by atoms with van der Waals surface area (Å²) < 4.78 is 46.4. The number of halogens is 3. The summed E-state index contributed by atoms with van der Waals surface area (Å²) in [6, 6.07) is 14.3. The molecule has 2 aliphatic heterocycles. The molecule has 5 rings (SSSR count). The van der Waals surface area contributed by atoms with Gasteiger partial charge >= 0.3 is 0 Å². The van der Waals surface area contributed by atoms with Gasteiger partial charge in [0.05, 0.1) is 35.7 Å². The Morgan fingerprint density at radius 2 is 1.95 bits per heavy atom. The number of ether oxygens (including phenoxy) is 3. The van der Waals surface area contributed by atoms with E-state index in [2.05, 4.69) is 31.5 Å². The molecule has 1 amide bonds. The van der Waals surface area contributed by atoms with Gasteiger partial charge in [-0.15, -0.1) is 0 Å². The van der Waals surface area contributed by atoms with Gasteiger partial charge in [-0.3, -0.25) is 9.69 Å². The second-order valence-electron chi connectivity index (χ2n) is 10.1. The molecule has 9 nitrogen and oxygen atoms in total. The van der Waals surface area contributed by atoms with Gasteiger partial charge in [-0.1, -0.05) is 22.0 Å². The number of amides is 1. The first kappa shape index (κ1) is 29.7. The van der Waals surface area contributed by atoms with Gasteiger partial charge in [-0.25, -0.2) is 13.8 Å². The third kappa shape index (κ3) is 7.94. The highest BCUT2D eigenvalue weighted by Crippen LogP contribution is 2.30. The van der Waals surface area contributed by atoms with E-state index in [0.717, 1.165) is 19.1 Å². The van der Waals surface area contributed by atoms with Crippen LogP contribution in [0.1, 0.15) is 30.5 Å². The molecule has 0 bridgehead atoms. The monoisotopic (exact) mass is 641 g/mol. The second-order valence-corrected chi connectivity index (χ2v) is 11.0. The van der Waals surface area contributed by atoms with Crippen LogP contribution in [0.25, 0.3) is 0 Å². The van der Waals surface area contributed by atoms with E-state index in [1.807, 2.05) is 11.0 Å². The Balaban J connectivity index is 1.08. The highest BCUT2D eigenvalue weighted by atomic mass is 79.9. The van der Waals surface area contributed by atoms with Gasteiger partial charge in [0.25, 0.3) is 0 Å². The summed E-state index contributed by atoms with van der Waals surface area (Å²) in [5, 5.41) is 14.8. The van der Waals surface area contributed by atoms with Crippen LogP contribution in [-0.2, 0) is 16.1 Å².